The minimum atomic E-state index is -4.15. The van der Waals surface area contributed by atoms with E-state index >= 15 is 0 Å². The summed E-state index contributed by atoms with van der Waals surface area (Å²) in [4.78, 5) is 10.1. The van der Waals surface area contributed by atoms with Gasteiger partial charge in [-0.05, 0) is 12.0 Å². The van der Waals surface area contributed by atoms with Gasteiger partial charge in [0, 0.05) is 6.61 Å². The third-order valence-electron chi connectivity index (χ3n) is 7.21. The van der Waals surface area contributed by atoms with Crippen molar-refractivity contribution in [1.82, 2.24) is 0 Å². The Morgan fingerprint density at radius 3 is 1.73 bits per heavy atom. The van der Waals surface area contributed by atoms with Crippen molar-refractivity contribution in [3.63, 3.8) is 0 Å². The summed E-state index contributed by atoms with van der Waals surface area (Å²) in [7, 11) is 1.85. The number of phosphoric ester groups is 1. The quantitative estimate of drug-likeness (QED) is 0.0563. The fourth-order valence-electron chi connectivity index (χ4n) is 4.57. The highest BCUT2D eigenvalue weighted by molar-refractivity contribution is 7.47. The summed E-state index contributed by atoms with van der Waals surface area (Å²) in [5, 5.41) is 0. The van der Waals surface area contributed by atoms with Crippen LogP contribution in [0.1, 0.15) is 115 Å². The molecule has 2 unspecified atom stereocenters. The molecule has 0 amide bonds. The van der Waals surface area contributed by atoms with Crippen LogP contribution >= 0.6 is 7.82 Å². The molecular weight excluding hydrogens is 537 g/mol. The van der Waals surface area contributed by atoms with Crippen LogP contribution in [0.4, 0.5) is 0 Å². The van der Waals surface area contributed by atoms with E-state index in [0.29, 0.717) is 24.2 Å². The molecule has 1 rings (SSSR count). The lowest BCUT2D eigenvalue weighted by molar-refractivity contribution is -0.870. The van der Waals surface area contributed by atoms with Crippen LogP contribution in [0.2, 0.25) is 0 Å². The van der Waals surface area contributed by atoms with E-state index in [1.54, 1.807) is 0 Å². The Hall–Kier alpha value is -0.790. The average Bonchev–Trinajstić information content (AvgIpc) is 2.92. The Labute approximate surface area is 252 Å². The van der Waals surface area contributed by atoms with Gasteiger partial charge in [-0.15, -0.1) is 0 Å². The van der Waals surface area contributed by atoms with Crippen LogP contribution in [0.3, 0.4) is 0 Å². The molecule has 0 radical (unpaired) electrons. The zero-order valence-corrected chi connectivity index (χ0v) is 27.8. The van der Waals surface area contributed by atoms with Gasteiger partial charge >= 0.3 is 7.82 Å². The maximum atomic E-state index is 12.3. The molecule has 0 aliphatic heterocycles. The zero-order valence-electron chi connectivity index (χ0n) is 26.9. The lowest BCUT2D eigenvalue weighted by atomic mass is 10.0. The molecule has 1 aromatic carbocycles. The second-order valence-corrected chi connectivity index (χ2v) is 13.9. The molecule has 0 heterocycles. The monoisotopic (exact) mass is 600 g/mol. The number of hydrogen-bond acceptors (Lipinski definition) is 5. The van der Waals surface area contributed by atoms with Crippen molar-refractivity contribution >= 4 is 7.82 Å². The highest BCUT2D eigenvalue weighted by atomic mass is 31.2. The first-order chi connectivity index (χ1) is 19.7. The van der Waals surface area contributed by atoms with Gasteiger partial charge in [-0.25, -0.2) is 4.57 Å². The number of nitrogens with zero attached hydrogens (tertiary/aromatic N) is 1. The van der Waals surface area contributed by atoms with Crippen LogP contribution in [-0.2, 0) is 29.7 Å². The first-order valence-corrected chi connectivity index (χ1v) is 17.9. The van der Waals surface area contributed by atoms with Gasteiger partial charge in [0.1, 0.15) is 19.3 Å². The molecular formula is C33H63NO6P+. The Balaban J connectivity index is 2.17. The zero-order chi connectivity index (χ0) is 30.1. The van der Waals surface area contributed by atoms with Gasteiger partial charge in [0.05, 0.1) is 41.0 Å². The van der Waals surface area contributed by atoms with Gasteiger partial charge < -0.3 is 18.9 Å². The molecule has 0 fully saturated rings. The smallest absolute Gasteiger partial charge is 0.374 e. The van der Waals surface area contributed by atoms with Crippen molar-refractivity contribution in [2.75, 3.05) is 54.1 Å². The van der Waals surface area contributed by atoms with Crippen molar-refractivity contribution in [3.05, 3.63) is 35.9 Å². The van der Waals surface area contributed by atoms with Crippen LogP contribution in [0, 0.1) is 0 Å². The van der Waals surface area contributed by atoms with Crippen LogP contribution in [0.15, 0.2) is 30.3 Å². The van der Waals surface area contributed by atoms with Crippen molar-refractivity contribution in [2.24, 2.45) is 0 Å². The normalized spacial score (nSPS) is 14.3. The third kappa shape index (κ3) is 25.4. The minimum Gasteiger partial charge on any atom is -0.374 e. The van der Waals surface area contributed by atoms with Gasteiger partial charge in [0.15, 0.2) is 0 Å². The number of likely N-dealkylation sites (N-methyl/N-ethyl adjacent to an activating group) is 1. The molecule has 2 atom stereocenters. The van der Waals surface area contributed by atoms with Gasteiger partial charge in [0.2, 0.25) is 0 Å². The number of quaternary nitrogens is 1. The maximum absolute atomic E-state index is 12.3. The fraction of sp³-hybridized carbons (Fsp3) is 0.818. The Morgan fingerprint density at radius 2 is 1.22 bits per heavy atom. The van der Waals surface area contributed by atoms with E-state index in [1.807, 2.05) is 51.5 Å². The molecule has 0 bridgehead atoms. The Morgan fingerprint density at radius 1 is 0.707 bits per heavy atom. The van der Waals surface area contributed by atoms with Crippen LogP contribution < -0.4 is 0 Å². The van der Waals surface area contributed by atoms with E-state index in [-0.39, 0.29) is 19.8 Å². The summed E-state index contributed by atoms with van der Waals surface area (Å²) in [6.45, 7) is 4.30. The molecule has 1 aromatic rings. The number of unbranched alkanes of at least 4 members (excludes halogenated alkanes) is 15. The summed E-state index contributed by atoms with van der Waals surface area (Å²) in [6.07, 6.45) is 20.8. The Bertz CT molecular complexity index is 758. The van der Waals surface area contributed by atoms with Crippen LogP contribution in [-0.4, -0.2) is 69.6 Å². The second-order valence-electron chi connectivity index (χ2n) is 12.4. The Kier molecular flexibility index (Phi) is 23.0. The molecule has 0 saturated heterocycles. The predicted molar refractivity (Wildman–Crippen MR) is 170 cm³/mol. The second kappa shape index (κ2) is 24.6. The number of ether oxygens (including phenoxy) is 2. The SMILES string of the molecule is CCCCCCCCCCCCCCCCCCOC(COCc1ccccc1)COP(=O)(O)OCC[N+](C)(C)C. The molecule has 240 valence electrons. The molecule has 8 heteroatoms. The molecule has 41 heavy (non-hydrogen) atoms. The molecule has 0 aliphatic carbocycles. The topological polar surface area (TPSA) is 74.2 Å². The average molecular weight is 601 g/mol. The summed E-state index contributed by atoms with van der Waals surface area (Å²) in [6, 6.07) is 9.93. The first-order valence-electron chi connectivity index (χ1n) is 16.4. The van der Waals surface area contributed by atoms with Crippen LogP contribution in [0.25, 0.3) is 0 Å². The van der Waals surface area contributed by atoms with E-state index < -0.39 is 13.9 Å². The number of benzene rings is 1. The summed E-state index contributed by atoms with van der Waals surface area (Å²) in [5.41, 5.74) is 1.07. The molecule has 7 nitrogen and oxygen atoms in total. The highest BCUT2D eigenvalue weighted by Crippen LogP contribution is 2.43. The van der Waals surface area contributed by atoms with E-state index in [2.05, 4.69) is 6.92 Å². The molecule has 0 saturated carbocycles. The van der Waals surface area contributed by atoms with Gasteiger partial charge in [-0.3, -0.25) is 9.05 Å². The van der Waals surface area contributed by atoms with E-state index in [1.165, 1.54) is 89.9 Å². The standard InChI is InChI=1S/C33H62NO6P/c1-5-6-7-8-9-10-11-12-13-14-15-16-17-18-19-23-27-38-33(30-37-29-32-24-21-20-22-25-32)31-40-41(35,36)39-28-26-34(2,3)4/h20-22,24-25,33H,5-19,23,26-31H2,1-4H3/p+1. The lowest BCUT2D eigenvalue weighted by Crippen LogP contribution is -2.37. The summed E-state index contributed by atoms with van der Waals surface area (Å²) >= 11 is 0. The first kappa shape index (κ1) is 38.2. The van der Waals surface area contributed by atoms with Crippen molar-refractivity contribution in [3.8, 4) is 0 Å². The molecule has 0 aliphatic rings. The summed E-state index contributed by atoms with van der Waals surface area (Å²) < 4.78 is 35.2. The van der Waals surface area contributed by atoms with Crippen molar-refractivity contribution < 1.29 is 32.5 Å². The largest absolute Gasteiger partial charge is 0.472 e. The van der Waals surface area contributed by atoms with Crippen LogP contribution in [0.5, 0.6) is 0 Å². The molecule has 0 spiro atoms. The van der Waals surface area contributed by atoms with Crippen molar-refractivity contribution in [2.45, 2.75) is 122 Å². The molecule has 1 N–H and O–H groups in total. The molecule has 0 aromatic heterocycles. The highest BCUT2D eigenvalue weighted by Gasteiger charge is 2.25. The summed E-state index contributed by atoms with van der Waals surface area (Å²) in [5.74, 6) is 0. The minimum absolute atomic E-state index is 0.0498. The van der Waals surface area contributed by atoms with Gasteiger partial charge in [0.25, 0.3) is 0 Å². The fourth-order valence-corrected chi connectivity index (χ4v) is 5.31. The predicted octanol–water partition coefficient (Wildman–Crippen LogP) is 8.69. The lowest BCUT2D eigenvalue weighted by Gasteiger charge is -2.24. The number of phosphoric acid groups is 1. The van der Waals surface area contributed by atoms with E-state index in [9.17, 15) is 9.46 Å². The van der Waals surface area contributed by atoms with E-state index in [0.717, 1.165) is 18.4 Å². The van der Waals surface area contributed by atoms with Gasteiger partial charge in [-0.2, -0.15) is 0 Å². The number of rotatable bonds is 29. The third-order valence-corrected chi connectivity index (χ3v) is 8.19. The number of hydrogen-bond donors (Lipinski definition) is 1. The van der Waals surface area contributed by atoms with E-state index in [4.69, 9.17) is 18.5 Å². The van der Waals surface area contributed by atoms with Crippen molar-refractivity contribution in [1.29, 1.82) is 0 Å². The van der Waals surface area contributed by atoms with Gasteiger partial charge in [-0.1, -0.05) is 134 Å². The maximum Gasteiger partial charge on any atom is 0.472 e.